The number of carbonyl (C=O) groups is 1. The minimum atomic E-state index is -0.143. The summed E-state index contributed by atoms with van der Waals surface area (Å²) >= 11 is 0. The van der Waals surface area contributed by atoms with E-state index in [0.717, 1.165) is 22.4 Å². The van der Waals surface area contributed by atoms with Crippen molar-refractivity contribution >= 4 is 11.6 Å². The van der Waals surface area contributed by atoms with Gasteiger partial charge in [-0.05, 0) is 23.8 Å². The van der Waals surface area contributed by atoms with Gasteiger partial charge in [-0.3, -0.25) is 19.7 Å². The number of pyridine rings is 1. The van der Waals surface area contributed by atoms with Crippen LogP contribution < -0.4 is 10.1 Å². The number of nitrogens with zero attached hydrogens (tertiary/aromatic N) is 3. The molecule has 0 atom stereocenters. The SMILES string of the molecule is O=C(Cc1cnccn1)Nc1ccc2c(c1)OCc1cnccc1-2. The second kappa shape index (κ2) is 6.08. The Labute approximate surface area is 138 Å². The molecule has 3 aromatic rings. The van der Waals surface area contributed by atoms with Crippen LogP contribution in [0.1, 0.15) is 11.3 Å². The van der Waals surface area contributed by atoms with Gasteiger partial charge in [-0.2, -0.15) is 0 Å². The van der Waals surface area contributed by atoms with Gasteiger partial charge in [0, 0.05) is 53.9 Å². The summed E-state index contributed by atoms with van der Waals surface area (Å²) in [5, 5.41) is 2.87. The third kappa shape index (κ3) is 2.81. The number of hydrogen-bond acceptors (Lipinski definition) is 5. The molecule has 1 amide bonds. The first kappa shape index (κ1) is 14.3. The number of nitrogens with one attached hydrogen (secondary N) is 1. The normalized spacial score (nSPS) is 11.8. The molecule has 0 radical (unpaired) electrons. The van der Waals surface area contributed by atoms with Crippen molar-refractivity contribution in [1.82, 2.24) is 15.0 Å². The Balaban J connectivity index is 1.53. The van der Waals surface area contributed by atoms with Crippen LogP contribution in [0.5, 0.6) is 5.75 Å². The van der Waals surface area contributed by atoms with Crippen molar-refractivity contribution in [3.05, 3.63) is 66.5 Å². The van der Waals surface area contributed by atoms with Crippen LogP contribution in [0.15, 0.2) is 55.2 Å². The highest BCUT2D eigenvalue weighted by Crippen LogP contribution is 2.38. The molecule has 2 aromatic heterocycles. The summed E-state index contributed by atoms with van der Waals surface area (Å²) in [6, 6.07) is 7.63. The first-order valence-corrected chi connectivity index (χ1v) is 7.54. The van der Waals surface area contributed by atoms with Gasteiger partial charge in [0.05, 0.1) is 12.1 Å². The molecule has 4 rings (SSSR count). The molecule has 0 bridgehead atoms. The summed E-state index contributed by atoms with van der Waals surface area (Å²) in [6.07, 6.45) is 8.50. The fourth-order valence-corrected chi connectivity index (χ4v) is 2.69. The standard InChI is InChI=1S/C18H14N4O2/c23-18(8-14-10-20-5-6-21-14)22-13-1-2-16-15-3-4-19-9-12(15)11-24-17(16)7-13/h1-7,9-10H,8,11H2,(H,22,23). The van der Waals surface area contributed by atoms with Crippen molar-refractivity contribution in [2.75, 3.05) is 5.32 Å². The highest BCUT2D eigenvalue weighted by Gasteiger charge is 2.17. The Bertz CT molecular complexity index is 897. The molecule has 1 aliphatic heterocycles. The molecule has 3 heterocycles. The fraction of sp³-hybridized carbons (Fsp3) is 0.111. The zero-order valence-corrected chi connectivity index (χ0v) is 12.8. The number of ether oxygens (including phenoxy) is 1. The highest BCUT2D eigenvalue weighted by atomic mass is 16.5. The number of aromatic nitrogens is 3. The Hall–Kier alpha value is -3.28. The van der Waals surface area contributed by atoms with Gasteiger partial charge in [0.2, 0.25) is 5.91 Å². The maximum absolute atomic E-state index is 12.1. The van der Waals surface area contributed by atoms with Crippen LogP contribution in [0.4, 0.5) is 5.69 Å². The van der Waals surface area contributed by atoms with E-state index in [1.54, 1.807) is 24.8 Å². The zero-order valence-electron chi connectivity index (χ0n) is 12.8. The molecule has 118 valence electrons. The van der Waals surface area contributed by atoms with E-state index in [4.69, 9.17) is 4.74 Å². The lowest BCUT2D eigenvalue weighted by atomic mass is 9.98. The van der Waals surface area contributed by atoms with Gasteiger partial charge in [-0.15, -0.1) is 0 Å². The summed E-state index contributed by atoms with van der Waals surface area (Å²) in [7, 11) is 0. The molecular formula is C18H14N4O2. The lowest BCUT2D eigenvalue weighted by Gasteiger charge is -2.21. The average Bonchev–Trinajstić information content (AvgIpc) is 2.62. The van der Waals surface area contributed by atoms with Crippen LogP contribution >= 0.6 is 0 Å². The highest BCUT2D eigenvalue weighted by molar-refractivity contribution is 5.93. The van der Waals surface area contributed by atoms with Crippen LogP contribution in [0.3, 0.4) is 0 Å². The Morgan fingerprint density at radius 1 is 1.08 bits per heavy atom. The third-order valence-corrected chi connectivity index (χ3v) is 3.80. The van der Waals surface area contributed by atoms with E-state index in [-0.39, 0.29) is 12.3 Å². The smallest absolute Gasteiger partial charge is 0.230 e. The second-order valence-corrected chi connectivity index (χ2v) is 5.45. The molecular weight excluding hydrogens is 304 g/mol. The van der Waals surface area contributed by atoms with Crippen LogP contribution in [-0.2, 0) is 17.8 Å². The number of amides is 1. The number of carbonyl (C=O) groups excluding carboxylic acids is 1. The predicted octanol–water partition coefficient (Wildman–Crippen LogP) is 2.61. The van der Waals surface area contributed by atoms with Gasteiger partial charge in [0.25, 0.3) is 0 Å². The van der Waals surface area contributed by atoms with E-state index < -0.39 is 0 Å². The lowest BCUT2D eigenvalue weighted by Crippen LogP contribution is -2.15. The number of anilines is 1. The topological polar surface area (TPSA) is 77.0 Å². The molecule has 0 aliphatic carbocycles. The summed E-state index contributed by atoms with van der Waals surface area (Å²) < 4.78 is 5.78. The van der Waals surface area contributed by atoms with Gasteiger partial charge < -0.3 is 10.1 Å². The molecule has 0 spiro atoms. The van der Waals surface area contributed by atoms with E-state index >= 15 is 0 Å². The Morgan fingerprint density at radius 2 is 2.00 bits per heavy atom. The quantitative estimate of drug-likeness (QED) is 0.803. The molecule has 24 heavy (non-hydrogen) atoms. The summed E-state index contributed by atoms with van der Waals surface area (Å²) in [5.74, 6) is 0.613. The third-order valence-electron chi connectivity index (χ3n) is 3.80. The largest absolute Gasteiger partial charge is 0.488 e. The van der Waals surface area contributed by atoms with Gasteiger partial charge in [-0.1, -0.05) is 0 Å². The maximum atomic E-state index is 12.1. The average molecular weight is 318 g/mol. The van der Waals surface area contributed by atoms with Crippen molar-refractivity contribution in [2.24, 2.45) is 0 Å². The number of hydrogen-bond donors (Lipinski definition) is 1. The summed E-state index contributed by atoms with van der Waals surface area (Å²) in [5.41, 5.74) is 4.50. The minimum absolute atomic E-state index is 0.143. The molecule has 1 aromatic carbocycles. The molecule has 1 N–H and O–H groups in total. The zero-order chi connectivity index (χ0) is 16.4. The van der Waals surface area contributed by atoms with E-state index in [1.807, 2.05) is 30.5 Å². The van der Waals surface area contributed by atoms with Crippen LogP contribution in [0.25, 0.3) is 11.1 Å². The molecule has 1 aliphatic rings. The number of benzene rings is 1. The van der Waals surface area contributed by atoms with Crippen LogP contribution in [-0.4, -0.2) is 20.9 Å². The van der Waals surface area contributed by atoms with Crippen molar-refractivity contribution < 1.29 is 9.53 Å². The minimum Gasteiger partial charge on any atom is -0.488 e. The van der Waals surface area contributed by atoms with E-state index in [9.17, 15) is 4.79 Å². The van der Waals surface area contributed by atoms with E-state index in [2.05, 4.69) is 20.3 Å². The maximum Gasteiger partial charge on any atom is 0.230 e. The molecule has 0 fully saturated rings. The second-order valence-electron chi connectivity index (χ2n) is 5.45. The summed E-state index contributed by atoms with van der Waals surface area (Å²) in [4.78, 5) is 24.3. The Kier molecular flexibility index (Phi) is 3.63. The van der Waals surface area contributed by atoms with Crippen molar-refractivity contribution in [3.8, 4) is 16.9 Å². The number of rotatable bonds is 3. The number of fused-ring (bicyclic) bond motifs is 3. The lowest BCUT2D eigenvalue weighted by molar-refractivity contribution is -0.115. The monoisotopic (exact) mass is 318 g/mol. The van der Waals surface area contributed by atoms with Gasteiger partial charge in [0.15, 0.2) is 0 Å². The van der Waals surface area contributed by atoms with E-state index in [1.165, 1.54) is 0 Å². The van der Waals surface area contributed by atoms with Crippen molar-refractivity contribution in [2.45, 2.75) is 13.0 Å². The molecule has 6 nitrogen and oxygen atoms in total. The Morgan fingerprint density at radius 3 is 2.88 bits per heavy atom. The van der Waals surface area contributed by atoms with Gasteiger partial charge >= 0.3 is 0 Å². The van der Waals surface area contributed by atoms with Gasteiger partial charge in [-0.25, -0.2) is 0 Å². The van der Waals surface area contributed by atoms with Crippen LogP contribution in [0.2, 0.25) is 0 Å². The predicted molar refractivity (Wildman–Crippen MR) is 88.4 cm³/mol. The molecule has 0 saturated heterocycles. The first-order valence-electron chi connectivity index (χ1n) is 7.54. The van der Waals surface area contributed by atoms with Crippen molar-refractivity contribution in [1.29, 1.82) is 0 Å². The van der Waals surface area contributed by atoms with Crippen LogP contribution in [0, 0.1) is 0 Å². The molecule has 0 unspecified atom stereocenters. The van der Waals surface area contributed by atoms with Gasteiger partial charge in [0.1, 0.15) is 12.4 Å². The van der Waals surface area contributed by atoms with Crippen molar-refractivity contribution in [3.63, 3.8) is 0 Å². The first-order chi connectivity index (χ1) is 11.8. The fourth-order valence-electron chi connectivity index (χ4n) is 2.69. The molecule has 0 saturated carbocycles. The van der Waals surface area contributed by atoms with E-state index in [0.29, 0.717) is 18.0 Å². The summed E-state index contributed by atoms with van der Waals surface area (Å²) in [6.45, 7) is 0.479. The molecule has 6 heteroatoms.